The molecule has 1 saturated carbocycles. The second-order valence-electron chi connectivity index (χ2n) is 10.6. The van der Waals surface area contributed by atoms with Crippen molar-refractivity contribution in [2.24, 2.45) is 5.92 Å². The molecule has 1 fully saturated rings. The molecule has 0 atom stereocenters. The Balaban J connectivity index is 1.09. The molecule has 0 bridgehead atoms. The summed E-state index contributed by atoms with van der Waals surface area (Å²) in [5, 5.41) is 6.78. The SMILES string of the molecule is COc1ccc(CNC(=O)NC[C@H]2C[C@@H](n3cc(-c4cccc(OCc5ccccc5)c4)c4c(N)ncnc43)C2)cc1. The Morgan fingerprint density at radius 2 is 1.76 bits per heavy atom. The molecule has 2 heterocycles. The highest BCUT2D eigenvalue weighted by Crippen LogP contribution is 2.43. The Hall–Kier alpha value is -5.05. The fourth-order valence-electron chi connectivity index (χ4n) is 5.42. The van der Waals surface area contributed by atoms with Crippen LogP contribution in [0.15, 0.2) is 91.4 Å². The molecule has 5 aromatic rings. The molecule has 0 radical (unpaired) electrons. The van der Waals surface area contributed by atoms with E-state index in [1.165, 1.54) is 6.33 Å². The number of nitrogens with zero attached hydrogens (tertiary/aromatic N) is 3. The van der Waals surface area contributed by atoms with E-state index >= 15 is 0 Å². The van der Waals surface area contributed by atoms with Gasteiger partial charge >= 0.3 is 6.03 Å². The Morgan fingerprint density at radius 3 is 2.55 bits per heavy atom. The summed E-state index contributed by atoms with van der Waals surface area (Å²) in [6, 6.07) is 25.9. The monoisotopic (exact) mass is 562 g/mol. The molecule has 214 valence electrons. The van der Waals surface area contributed by atoms with E-state index < -0.39 is 0 Å². The third kappa shape index (κ3) is 6.00. The van der Waals surface area contributed by atoms with Gasteiger partial charge in [-0.15, -0.1) is 0 Å². The number of amides is 2. The highest BCUT2D eigenvalue weighted by molar-refractivity contribution is 6.00. The summed E-state index contributed by atoms with van der Waals surface area (Å²) in [6.45, 7) is 1.57. The molecule has 3 aromatic carbocycles. The van der Waals surface area contributed by atoms with Gasteiger partial charge in [-0.05, 0) is 59.7 Å². The highest BCUT2D eigenvalue weighted by atomic mass is 16.5. The fraction of sp³-hybridized carbons (Fsp3) is 0.242. The van der Waals surface area contributed by atoms with Crippen LogP contribution in [0.2, 0.25) is 0 Å². The summed E-state index contributed by atoms with van der Waals surface area (Å²) in [6.07, 6.45) is 5.52. The van der Waals surface area contributed by atoms with Gasteiger partial charge in [0.15, 0.2) is 0 Å². The van der Waals surface area contributed by atoms with E-state index in [1.54, 1.807) is 7.11 Å². The van der Waals surface area contributed by atoms with Crippen LogP contribution in [0, 0.1) is 5.92 Å². The first-order chi connectivity index (χ1) is 20.6. The largest absolute Gasteiger partial charge is 0.497 e. The zero-order chi connectivity index (χ0) is 28.9. The van der Waals surface area contributed by atoms with Gasteiger partial charge in [0.2, 0.25) is 0 Å². The van der Waals surface area contributed by atoms with Crippen LogP contribution in [0.3, 0.4) is 0 Å². The molecule has 6 rings (SSSR count). The van der Waals surface area contributed by atoms with Crippen LogP contribution in [0.5, 0.6) is 11.5 Å². The molecule has 0 aliphatic heterocycles. The van der Waals surface area contributed by atoms with E-state index in [9.17, 15) is 4.79 Å². The van der Waals surface area contributed by atoms with E-state index in [-0.39, 0.29) is 12.1 Å². The number of benzene rings is 3. The lowest BCUT2D eigenvalue weighted by Crippen LogP contribution is -2.41. The quantitative estimate of drug-likeness (QED) is 0.201. The van der Waals surface area contributed by atoms with Crippen LogP contribution in [-0.4, -0.2) is 34.2 Å². The number of ether oxygens (including phenoxy) is 2. The van der Waals surface area contributed by atoms with Gasteiger partial charge in [-0.25, -0.2) is 14.8 Å². The lowest BCUT2D eigenvalue weighted by Gasteiger charge is -2.36. The maximum atomic E-state index is 12.4. The number of carbonyl (C=O) groups excluding carboxylic acids is 1. The number of hydrogen-bond acceptors (Lipinski definition) is 6. The molecule has 1 aliphatic carbocycles. The predicted octanol–water partition coefficient (Wildman–Crippen LogP) is 5.72. The molecular weight excluding hydrogens is 528 g/mol. The minimum Gasteiger partial charge on any atom is -0.497 e. The summed E-state index contributed by atoms with van der Waals surface area (Å²) in [7, 11) is 1.63. The number of rotatable bonds is 10. The van der Waals surface area contributed by atoms with E-state index in [0.29, 0.717) is 31.4 Å². The Labute approximate surface area is 244 Å². The van der Waals surface area contributed by atoms with E-state index in [1.807, 2.05) is 72.8 Å². The van der Waals surface area contributed by atoms with Crippen molar-refractivity contribution >= 4 is 22.9 Å². The summed E-state index contributed by atoms with van der Waals surface area (Å²) >= 11 is 0. The van der Waals surface area contributed by atoms with Crippen molar-refractivity contribution in [1.82, 2.24) is 25.2 Å². The molecule has 42 heavy (non-hydrogen) atoms. The fourth-order valence-corrected chi connectivity index (χ4v) is 5.42. The summed E-state index contributed by atoms with van der Waals surface area (Å²) < 4.78 is 13.5. The van der Waals surface area contributed by atoms with E-state index in [4.69, 9.17) is 15.2 Å². The Kier molecular flexibility index (Phi) is 7.89. The van der Waals surface area contributed by atoms with Crippen molar-refractivity contribution in [2.45, 2.75) is 32.0 Å². The minimum absolute atomic E-state index is 0.169. The van der Waals surface area contributed by atoms with Crippen molar-refractivity contribution < 1.29 is 14.3 Å². The number of fused-ring (bicyclic) bond motifs is 1. The number of methoxy groups -OCH3 is 1. The van der Waals surface area contributed by atoms with Gasteiger partial charge in [0.25, 0.3) is 0 Å². The number of urea groups is 1. The summed E-state index contributed by atoms with van der Waals surface area (Å²) in [4.78, 5) is 21.3. The molecule has 0 spiro atoms. The van der Waals surface area contributed by atoms with E-state index in [0.717, 1.165) is 57.6 Å². The maximum Gasteiger partial charge on any atom is 0.315 e. The third-order valence-corrected chi connectivity index (χ3v) is 7.80. The normalized spacial score (nSPS) is 16.0. The van der Waals surface area contributed by atoms with Gasteiger partial charge in [0, 0.05) is 30.9 Å². The van der Waals surface area contributed by atoms with Gasteiger partial charge in [0.05, 0.1) is 12.5 Å². The van der Waals surface area contributed by atoms with Crippen molar-refractivity contribution in [3.05, 3.63) is 103 Å². The minimum atomic E-state index is -0.169. The molecular formula is C33H34N6O3. The number of nitrogens with two attached hydrogens (primary N) is 1. The molecule has 0 unspecified atom stereocenters. The smallest absolute Gasteiger partial charge is 0.315 e. The van der Waals surface area contributed by atoms with Gasteiger partial charge in [-0.2, -0.15) is 0 Å². The van der Waals surface area contributed by atoms with E-state index in [2.05, 4.69) is 37.4 Å². The summed E-state index contributed by atoms with van der Waals surface area (Å²) in [5.41, 5.74) is 11.3. The second-order valence-corrected chi connectivity index (χ2v) is 10.6. The van der Waals surface area contributed by atoms with Crippen LogP contribution >= 0.6 is 0 Å². The number of carbonyl (C=O) groups is 1. The molecule has 0 saturated heterocycles. The van der Waals surface area contributed by atoms with Crippen molar-refractivity contribution in [2.75, 3.05) is 19.4 Å². The van der Waals surface area contributed by atoms with Crippen molar-refractivity contribution in [1.29, 1.82) is 0 Å². The standard InChI is InChI=1S/C33H34N6O3/c1-41-27-12-10-22(11-13-27)17-35-33(40)36-18-24-14-26(15-24)39-19-29(30-31(34)37-21-38-32(30)39)25-8-5-9-28(16-25)42-20-23-6-3-2-4-7-23/h2-13,16,19,21,24,26H,14-15,17-18,20H2,1H3,(H2,34,37,38)(H2,35,36,40)/t24-,26+. The molecule has 2 aromatic heterocycles. The molecule has 9 nitrogen and oxygen atoms in total. The Morgan fingerprint density at radius 1 is 0.952 bits per heavy atom. The highest BCUT2D eigenvalue weighted by Gasteiger charge is 2.32. The number of hydrogen-bond donors (Lipinski definition) is 3. The van der Waals surface area contributed by atoms with Crippen molar-refractivity contribution in [3.8, 4) is 22.6 Å². The van der Waals surface area contributed by atoms with Crippen LogP contribution in [0.25, 0.3) is 22.2 Å². The van der Waals surface area contributed by atoms with Crippen LogP contribution in [0.1, 0.15) is 30.0 Å². The van der Waals surface area contributed by atoms with Crippen LogP contribution < -0.4 is 25.8 Å². The maximum absolute atomic E-state index is 12.4. The average Bonchev–Trinajstić information content (AvgIpc) is 3.39. The van der Waals surface area contributed by atoms with Crippen molar-refractivity contribution in [3.63, 3.8) is 0 Å². The van der Waals surface area contributed by atoms with Crippen LogP contribution in [0.4, 0.5) is 10.6 Å². The summed E-state index contributed by atoms with van der Waals surface area (Å²) in [5.74, 6) is 2.42. The second kappa shape index (κ2) is 12.2. The molecule has 1 aliphatic rings. The zero-order valence-corrected chi connectivity index (χ0v) is 23.5. The molecule has 4 N–H and O–H groups in total. The van der Waals surface area contributed by atoms with Gasteiger partial charge < -0.3 is 30.4 Å². The lowest BCUT2D eigenvalue weighted by molar-refractivity contribution is 0.192. The van der Waals surface area contributed by atoms with Gasteiger partial charge in [-0.3, -0.25) is 0 Å². The molecule has 2 amide bonds. The molecule has 9 heteroatoms. The number of nitrogens with one attached hydrogen (secondary N) is 2. The van der Waals surface area contributed by atoms with Gasteiger partial charge in [0.1, 0.15) is 35.9 Å². The topological polar surface area (TPSA) is 116 Å². The first kappa shape index (κ1) is 27.1. The van der Waals surface area contributed by atoms with Crippen LogP contribution in [-0.2, 0) is 13.2 Å². The number of nitrogen functional groups attached to an aromatic ring is 1. The van der Waals surface area contributed by atoms with Gasteiger partial charge in [-0.1, -0.05) is 54.6 Å². The third-order valence-electron chi connectivity index (χ3n) is 7.80. The first-order valence-electron chi connectivity index (χ1n) is 14.1. The first-order valence-corrected chi connectivity index (χ1v) is 14.1. The zero-order valence-electron chi connectivity index (χ0n) is 23.5. The number of anilines is 1. The Bertz CT molecular complexity index is 1660. The lowest BCUT2D eigenvalue weighted by atomic mass is 9.80. The number of aromatic nitrogens is 3. The predicted molar refractivity (Wildman–Crippen MR) is 163 cm³/mol. The average molecular weight is 563 g/mol.